The van der Waals surface area contributed by atoms with Crippen molar-refractivity contribution in [3.05, 3.63) is 39.9 Å². The Labute approximate surface area is 142 Å². The van der Waals surface area contributed by atoms with Gasteiger partial charge < -0.3 is 4.90 Å². The first-order valence-electron chi connectivity index (χ1n) is 7.23. The molecule has 0 spiro atoms. The van der Waals surface area contributed by atoms with Gasteiger partial charge in [0.2, 0.25) is 10.0 Å². The predicted octanol–water partition coefficient (Wildman–Crippen LogP) is 1.85. The summed E-state index contributed by atoms with van der Waals surface area (Å²) in [5.74, 6) is 0. The van der Waals surface area contributed by atoms with Gasteiger partial charge in [0.15, 0.2) is 0 Å². The lowest BCUT2D eigenvalue weighted by molar-refractivity contribution is -0.897. The Hall–Kier alpha value is -0.590. The minimum atomic E-state index is -3.58. The van der Waals surface area contributed by atoms with Crippen molar-refractivity contribution in [3.63, 3.8) is 0 Å². The minimum Gasteiger partial charge on any atom is -0.329 e. The first-order chi connectivity index (χ1) is 10.3. The number of benzene rings is 1. The van der Waals surface area contributed by atoms with Crippen LogP contribution in [0, 0.1) is 0 Å². The topological polar surface area (TPSA) is 41.8 Å². The number of piperazine rings is 1. The lowest BCUT2D eigenvalue weighted by Gasteiger charge is -2.31. The van der Waals surface area contributed by atoms with Gasteiger partial charge in [0.05, 0.1) is 42.8 Å². The Morgan fingerprint density at radius 1 is 1.27 bits per heavy atom. The molecule has 1 saturated heterocycles. The summed E-state index contributed by atoms with van der Waals surface area (Å²) in [6.07, 6.45) is 2.19. The molecule has 122 valence electrons. The van der Waals surface area contributed by atoms with E-state index in [1.807, 2.05) is 0 Å². The molecule has 0 saturated carbocycles. The maximum Gasteiger partial charge on any atom is 0.245 e. The van der Waals surface area contributed by atoms with Gasteiger partial charge in [0.25, 0.3) is 0 Å². The van der Waals surface area contributed by atoms with Crippen molar-refractivity contribution in [2.75, 3.05) is 32.7 Å². The summed E-state index contributed by atoms with van der Waals surface area (Å²) < 4.78 is 26.9. The van der Waals surface area contributed by atoms with Crippen molar-refractivity contribution in [1.82, 2.24) is 4.31 Å². The molecule has 0 radical (unpaired) electrons. The maximum absolute atomic E-state index is 12.7. The zero-order valence-electron chi connectivity index (χ0n) is 12.8. The smallest absolute Gasteiger partial charge is 0.245 e. The van der Waals surface area contributed by atoms with E-state index in [-0.39, 0.29) is 14.9 Å². The maximum atomic E-state index is 12.7. The van der Waals surface area contributed by atoms with Gasteiger partial charge >= 0.3 is 0 Å². The molecule has 1 aliphatic rings. The molecule has 0 unspecified atom stereocenters. The van der Waals surface area contributed by atoms with Crippen LogP contribution in [-0.4, -0.2) is 45.4 Å². The number of sulfonamides is 1. The van der Waals surface area contributed by atoms with Gasteiger partial charge in [-0.25, -0.2) is 8.42 Å². The Morgan fingerprint density at radius 3 is 2.50 bits per heavy atom. The molecular formula is C15H21Cl2N2O2S+. The Bertz CT molecular complexity index is 662. The van der Waals surface area contributed by atoms with Gasteiger partial charge in [-0.3, -0.25) is 0 Å². The van der Waals surface area contributed by atoms with Gasteiger partial charge in [-0.1, -0.05) is 34.8 Å². The SMILES string of the molecule is CC(C)=CC[NH+]1CCN(S(=O)(=O)c2cccc(Cl)c2Cl)CC1. The summed E-state index contributed by atoms with van der Waals surface area (Å²) in [5, 5.41) is 0.360. The lowest BCUT2D eigenvalue weighted by Crippen LogP contribution is -3.14. The fourth-order valence-electron chi connectivity index (χ4n) is 2.42. The quantitative estimate of drug-likeness (QED) is 0.829. The highest BCUT2D eigenvalue weighted by atomic mass is 35.5. The van der Waals surface area contributed by atoms with E-state index in [9.17, 15) is 8.42 Å². The number of nitrogens with one attached hydrogen (secondary N) is 1. The van der Waals surface area contributed by atoms with E-state index in [4.69, 9.17) is 23.2 Å². The van der Waals surface area contributed by atoms with Crippen molar-refractivity contribution in [3.8, 4) is 0 Å². The first-order valence-corrected chi connectivity index (χ1v) is 9.43. The number of halogens is 2. The molecular weight excluding hydrogens is 343 g/mol. The molecule has 0 bridgehead atoms. The van der Waals surface area contributed by atoms with Crippen molar-refractivity contribution in [2.24, 2.45) is 0 Å². The summed E-state index contributed by atoms with van der Waals surface area (Å²) in [6, 6.07) is 4.70. The molecule has 0 aliphatic carbocycles. The normalized spacial score (nSPS) is 17.5. The van der Waals surface area contributed by atoms with Crippen molar-refractivity contribution >= 4 is 33.2 Å². The highest BCUT2D eigenvalue weighted by molar-refractivity contribution is 7.89. The third-order valence-corrected chi connectivity index (χ3v) is 6.63. The molecule has 1 aliphatic heterocycles. The Morgan fingerprint density at radius 2 is 1.91 bits per heavy atom. The highest BCUT2D eigenvalue weighted by Crippen LogP contribution is 2.30. The molecule has 22 heavy (non-hydrogen) atoms. The van der Waals surface area contributed by atoms with Crippen molar-refractivity contribution in [1.29, 1.82) is 0 Å². The van der Waals surface area contributed by atoms with Crippen LogP contribution >= 0.6 is 23.2 Å². The number of allylic oxidation sites excluding steroid dienone is 1. The highest BCUT2D eigenvalue weighted by Gasteiger charge is 2.31. The van der Waals surface area contributed by atoms with E-state index in [0.717, 1.165) is 19.6 Å². The predicted molar refractivity (Wildman–Crippen MR) is 90.2 cm³/mol. The second-order valence-corrected chi connectivity index (χ2v) is 8.38. The first kappa shape index (κ1) is 17.8. The van der Waals surface area contributed by atoms with Crippen molar-refractivity contribution in [2.45, 2.75) is 18.7 Å². The monoisotopic (exact) mass is 363 g/mol. The molecule has 0 atom stereocenters. The fourth-order valence-corrected chi connectivity index (χ4v) is 4.60. The van der Waals surface area contributed by atoms with Gasteiger partial charge in [-0.05, 0) is 32.1 Å². The van der Waals surface area contributed by atoms with Gasteiger partial charge in [0.1, 0.15) is 4.90 Å². The number of hydrogen-bond donors (Lipinski definition) is 1. The van der Waals surface area contributed by atoms with Crippen LogP contribution in [0.5, 0.6) is 0 Å². The zero-order chi connectivity index (χ0) is 16.3. The van der Waals surface area contributed by atoms with Crippen LogP contribution in [0.2, 0.25) is 10.0 Å². The van der Waals surface area contributed by atoms with E-state index in [0.29, 0.717) is 13.1 Å². The number of hydrogen-bond acceptors (Lipinski definition) is 2. The standard InChI is InChI=1S/C15H20Cl2N2O2S/c1-12(2)6-7-18-8-10-19(11-9-18)22(20,21)14-5-3-4-13(16)15(14)17/h3-6H,7-11H2,1-2H3/p+1. The molecule has 1 N–H and O–H groups in total. The minimum absolute atomic E-state index is 0.0921. The van der Waals surface area contributed by atoms with Crippen LogP contribution in [0.4, 0.5) is 0 Å². The van der Waals surface area contributed by atoms with Crippen LogP contribution in [0.3, 0.4) is 0 Å². The number of nitrogens with zero attached hydrogens (tertiary/aromatic N) is 1. The number of quaternary nitrogens is 1. The second kappa shape index (κ2) is 7.32. The average Bonchev–Trinajstić information content (AvgIpc) is 2.48. The largest absolute Gasteiger partial charge is 0.329 e. The van der Waals surface area contributed by atoms with Crippen LogP contribution < -0.4 is 4.90 Å². The molecule has 4 nitrogen and oxygen atoms in total. The summed E-state index contributed by atoms with van der Waals surface area (Å²) in [5.41, 5.74) is 1.29. The van der Waals surface area contributed by atoms with Crippen LogP contribution in [0.15, 0.2) is 34.7 Å². The summed E-state index contributed by atoms with van der Waals surface area (Å²) in [7, 11) is -3.58. The van der Waals surface area contributed by atoms with Crippen molar-refractivity contribution < 1.29 is 13.3 Å². The summed E-state index contributed by atoms with van der Waals surface area (Å²) >= 11 is 12.0. The lowest BCUT2D eigenvalue weighted by atomic mass is 10.3. The van der Waals surface area contributed by atoms with E-state index < -0.39 is 10.0 Å². The summed E-state index contributed by atoms with van der Waals surface area (Å²) in [6.45, 7) is 7.66. The molecule has 7 heteroatoms. The molecule has 0 amide bonds. The molecule has 1 aromatic rings. The van der Waals surface area contributed by atoms with Gasteiger partial charge in [-0.15, -0.1) is 0 Å². The molecule has 1 aromatic carbocycles. The third kappa shape index (κ3) is 4.03. The molecule has 1 fully saturated rings. The second-order valence-electron chi connectivity index (χ2n) is 5.69. The summed E-state index contributed by atoms with van der Waals surface area (Å²) in [4.78, 5) is 1.49. The molecule has 0 aromatic heterocycles. The van der Waals surface area contributed by atoms with E-state index >= 15 is 0 Å². The van der Waals surface area contributed by atoms with E-state index in [1.165, 1.54) is 20.8 Å². The molecule has 1 heterocycles. The van der Waals surface area contributed by atoms with Crippen LogP contribution in [0.25, 0.3) is 0 Å². The Balaban J connectivity index is 2.10. The average molecular weight is 364 g/mol. The van der Waals surface area contributed by atoms with E-state index in [2.05, 4.69) is 19.9 Å². The Kier molecular flexibility index (Phi) is 5.91. The fraction of sp³-hybridized carbons (Fsp3) is 0.467. The molecule has 2 rings (SSSR count). The van der Waals surface area contributed by atoms with Gasteiger partial charge in [0, 0.05) is 0 Å². The van der Waals surface area contributed by atoms with Crippen LogP contribution in [0.1, 0.15) is 13.8 Å². The number of rotatable bonds is 4. The van der Waals surface area contributed by atoms with E-state index in [1.54, 1.807) is 12.1 Å². The van der Waals surface area contributed by atoms with Crippen LogP contribution in [-0.2, 0) is 10.0 Å². The zero-order valence-corrected chi connectivity index (χ0v) is 15.1. The third-order valence-electron chi connectivity index (χ3n) is 3.76. The van der Waals surface area contributed by atoms with Gasteiger partial charge in [-0.2, -0.15) is 4.31 Å².